The molecule has 0 saturated heterocycles. The molecule has 1 rings (SSSR count). The molecule has 1 nitrogen and oxygen atoms in total. The highest BCUT2D eigenvalue weighted by atomic mass is 35.5. The lowest BCUT2D eigenvalue weighted by Crippen LogP contribution is -2.13. The third kappa shape index (κ3) is 3.39. The van der Waals surface area contributed by atoms with Crippen LogP contribution < -0.4 is 5.73 Å². The van der Waals surface area contributed by atoms with E-state index >= 15 is 0 Å². The molecule has 1 aromatic rings. The lowest BCUT2D eigenvalue weighted by atomic mass is 10.0. The second-order valence-electron chi connectivity index (χ2n) is 3.19. The Bertz CT molecular complexity index is 331. The highest BCUT2D eigenvalue weighted by molar-refractivity contribution is 5.85. The van der Waals surface area contributed by atoms with Crippen molar-refractivity contribution in [3.05, 3.63) is 35.1 Å². The van der Waals surface area contributed by atoms with E-state index in [2.05, 4.69) is 0 Å². The van der Waals surface area contributed by atoms with Crippen molar-refractivity contribution in [1.29, 1.82) is 0 Å². The third-order valence-corrected chi connectivity index (χ3v) is 2.02. The number of rotatable bonds is 3. The van der Waals surface area contributed by atoms with E-state index in [1.54, 1.807) is 0 Å². The van der Waals surface area contributed by atoms with Crippen LogP contribution in [0.3, 0.4) is 0 Å². The van der Waals surface area contributed by atoms with E-state index in [-0.39, 0.29) is 18.0 Å². The summed E-state index contributed by atoms with van der Waals surface area (Å²) < 4.78 is 38.7. The van der Waals surface area contributed by atoms with Gasteiger partial charge >= 0.3 is 0 Å². The minimum atomic E-state index is -1.19. The third-order valence-electron chi connectivity index (χ3n) is 2.02. The molecule has 86 valence electrons. The van der Waals surface area contributed by atoms with Gasteiger partial charge in [0.15, 0.2) is 11.6 Å². The first kappa shape index (κ1) is 14.3. The SMILES string of the molecule is CCC[C@@H](N)c1cc(F)cc(F)c1F.Cl. The van der Waals surface area contributed by atoms with Crippen molar-refractivity contribution in [3.8, 4) is 0 Å². The molecule has 2 N–H and O–H groups in total. The Morgan fingerprint density at radius 3 is 2.40 bits per heavy atom. The minimum absolute atomic E-state index is 0. The molecule has 5 heteroatoms. The Hall–Kier alpha value is -0.740. The summed E-state index contributed by atoms with van der Waals surface area (Å²) in [6, 6.07) is 0.807. The molecule has 0 amide bonds. The standard InChI is InChI=1S/C10H12F3N.ClH/c1-2-3-9(14)7-4-6(11)5-8(12)10(7)13;/h4-5,9H,2-3,14H2,1H3;1H/t9-;/m1./s1. The van der Waals surface area contributed by atoms with Crippen LogP contribution in [0.1, 0.15) is 31.4 Å². The maximum Gasteiger partial charge on any atom is 0.163 e. The quantitative estimate of drug-likeness (QED) is 0.805. The highest BCUT2D eigenvalue weighted by Crippen LogP contribution is 2.22. The second kappa shape index (κ2) is 5.98. The van der Waals surface area contributed by atoms with Gasteiger partial charge in [-0.2, -0.15) is 0 Å². The summed E-state index contributed by atoms with van der Waals surface area (Å²) in [6.07, 6.45) is 1.23. The van der Waals surface area contributed by atoms with Crippen LogP contribution in [0.4, 0.5) is 13.2 Å². The number of hydrogen-bond acceptors (Lipinski definition) is 1. The summed E-state index contributed by atoms with van der Waals surface area (Å²) in [5.41, 5.74) is 5.48. The van der Waals surface area contributed by atoms with Crippen LogP contribution in [-0.2, 0) is 0 Å². The largest absolute Gasteiger partial charge is 0.324 e. The van der Waals surface area contributed by atoms with Crippen molar-refractivity contribution in [2.24, 2.45) is 5.73 Å². The minimum Gasteiger partial charge on any atom is -0.324 e. The van der Waals surface area contributed by atoms with E-state index in [4.69, 9.17) is 5.73 Å². The van der Waals surface area contributed by atoms with E-state index in [1.807, 2.05) is 6.92 Å². The monoisotopic (exact) mass is 239 g/mol. The number of halogens is 4. The Labute approximate surface area is 92.9 Å². The van der Waals surface area contributed by atoms with Gasteiger partial charge in [-0.05, 0) is 12.5 Å². The summed E-state index contributed by atoms with van der Waals surface area (Å²) in [7, 11) is 0. The second-order valence-corrected chi connectivity index (χ2v) is 3.19. The summed E-state index contributed by atoms with van der Waals surface area (Å²) in [4.78, 5) is 0. The van der Waals surface area contributed by atoms with Crippen LogP contribution in [0.25, 0.3) is 0 Å². The fourth-order valence-corrected chi connectivity index (χ4v) is 1.31. The van der Waals surface area contributed by atoms with E-state index in [9.17, 15) is 13.2 Å². The molecular weight excluding hydrogens is 227 g/mol. The Balaban J connectivity index is 0.00000196. The number of hydrogen-bond donors (Lipinski definition) is 1. The fraction of sp³-hybridized carbons (Fsp3) is 0.400. The van der Waals surface area contributed by atoms with Gasteiger partial charge in [0.25, 0.3) is 0 Å². The molecule has 0 spiro atoms. The lowest BCUT2D eigenvalue weighted by Gasteiger charge is -2.12. The van der Waals surface area contributed by atoms with Crippen molar-refractivity contribution in [2.75, 3.05) is 0 Å². The van der Waals surface area contributed by atoms with Gasteiger partial charge in [-0.15, -0.1) is 12.4 Å². The topological polar surface area (TPSA) is 26.0 Å². The zero-order valence-corrected chi connectivity index (χ0v) is 9.08. The average molecular weight is 240 g/mol. The van der Waals surface area contributed by atoms with Gasteiger partial charge in [-0.1, -0.05) is 13.3 Å². The van der Waals surface area contributed by atoms with Crippen molar-refractivity contribution < 1.29 is 13.2 Å². The molecule has 0 heterocycles. The zero-order chi connectivity index (χ0) is 10.7. The molecule has 0 saturated carbocycles. The van der Waals surface area contributed by atoms with Gasteiger partial charge in [0.1, 0.15) is 5.82 Å². The number of benzene rings is 1. The first-order chi connectivity index (χ1) is 6.56. The van der Waals surface area contributed by atoms with E-state index in [0.717, 1.165) is 12.5 Å². The van der Waals surface area contributed by atoms with Gasteiger partial charge in [0, 0.05) is 17.7 Å². The predicted molar refractivity (Wildman–Crippen MR) is 55.4 cm³/mol. The van der Waals surface area contributed by atoms with Crippen LogP contribution in [0.15, 0.2) is 12.1 Å². The van der Waals surface area contributed by atoms with Crippen LogP contribution in [0.5, 0.6) is 0 Å². The fourth-order valence-electron chi connectivity index (χ4n) is 1.31. The summed E-state index contributed by atoms with van der Waals surface area (Å²) in [5.74, 6) is -3.04. The van der Waals surface area contributed by atoms with Gasteiger partial charge in [-0.25, -0.2) is 13.2 Å². The Morgan fingerprint density at radius 1 is 1.27 bits per heavy atom. The van der Waals surface area contributed by atoms with Gasteiger partial charge in [-0.3, -0.25) is 0 Å². The highest BCUT2D eigenvalue weighted by Gasteiger charge is 2.16. The molecule has 0 aromatic heterocycles. The molecule has 15 heavy (non-hydrogen) atoms. The van der Waals surface area contributed by atoms with Crippen LogP contribution in [-0.4, -0.2) is 0 Å². The van der Waals surface area contributed by atoms with E-state index in [1.165, 1.54) is 0 Å². The normalized spacial score (nSPS) is 12.1. The van der Waals surface area contributed by atoms with Crippen LogP contribution >= 0.6 is 12.4 Å². The molecule has 0 fully saturated rings. The van der Waals surface area contributed by atoms with Gasteiger partial charge < -0.3 is 5.73 Å². The molecule has 0 aliphatic rings. The molecular formula is C10H13ClF3N. The first-order valence-electron chi connectivity index (χ1n) is 4.46. The molecule has 0 aliphatic heterocycles. The van der Waals surface area contributed by atoms with Gasteiger partial charge in [0.2, 0.25) is 0 Å². The van der Waals surface area contributed by atoms with Crippen molar-refractivity contribution in [2.45, 2.75) is 25.8 Å². The molecule has 1 aromatic carbocycles. The van der Waals surface area contributed by atoms with Crippen molar-refractivity contribution in [1.82, 2.24) is 0 Å². The smallest absolute Gasteiger partial charge is 0.163 e. The van der Waals surface area contributed by atoms with Crippen LogP contribution in [0, 0.1) is 17.5 Å². The summed E-state index contributed by atoms with van der Waals surface area (Å²) in [6.45, 7) is 1.87. The van der Waals surface area contributed by atoms with Crippen molar-refractivity contribution >= 4 is 12.4 Å². The van der Waals surface area contributed by atoms with Crippen molar-refractivity contribution in [3.63, 3.8) is 0 Å². The Kier molecular flexibility index (Phi) is 5.68. The first-order valence-corrected chi connectivity index (χ1v) is 4.46. The van der Waals surface area contributed by atoms with Crippen LogP contribution in [0.2, 0.25) is 0 Å². The molecule has 0 radical (unpaired) electrons. The number of nitrogens with two attached hydrogens (primary N) is 1. The Morgan fingerprint density at radius 2 is 1.87 bits per heavy atom. The maximum atomic E-state index is 13.1. The molecule has 0 unspecified atom stereocenters. The molecule has 0 aliphatic carbocycles. The van der Waals surface area contributed by atoms with Gasteiger partial charge in [0.05, 0.1) is 0 Å². The average Bonchev–Trinajstić information content (AvgIpc) is 2.11. The molecule has 0 bridgehead atoms. The zero-order valence-electron chi connectivity index (χ0n) is 8.27. The molecule has 1 atom stereocenters. The lowest BCUT2D eigenvalue weighted by molar-refractivity contribution is 0.469. The predicted octanol–water partition coefficient (Wildman–Crippen LogP) is 3.33. The maximum absolute atomic E-state index is 13.1. The summed E-state index contributed by atoms with van der Waals surface area (Å²) in [5, 5.41) is 0. The van der Waals surface area contributed by atoms with E-state index < -0.39 is 23.5 Å². The summed E-state index contributed by atoms with van der Waals surface area (Å²) >= 11 is 0. The van der Waals surface area contributed by atoms with E-state index in [0.29, 0.717) is 12.5 Å².